The summed E-state index contributed by atoms with van der Waals surface area (Å²) in [5.41, 5.74) is 1.60. The molecule has 1 aliphatic heterocycles. The second-order valence-corrected chi connectivity index (χ2v) is 9.27. The summed E-state index contributed by atoms with van der Waals surface area (Å²) in [7, 11) is 0. The summed E-state index contributed by atoms with van der Waals surface area (Å²) in [5, 5.41) is 15.0. The molecule has 8 heteroatoms. The van der Waals surface area contributed by atoms with E-state index in [0.717, 1.165) is 54.1 Å². The summed E-state index contributed by atoms with van der Waals surface area (Å²) < 4.78 is 5.44. The van der Waals surface area contributed by atoms with E-state index in [9.17, 15) is 14.9 Å². The van der Waals surface area contributed by atoms with E-state index in [1.54, 1.807) is 22.3 Å². The average molecular weight is 428 g/mol. The van der Waals surface area contributed by atoms with Crippen LogP contribution in [0, 0.1) is 17.2 Å². The number of thiophene rings is 2. The van der Waals surface area contributed by atoms with Crippen LogP contribution in [0.3, 0.4) is 0 Å². The van der Waals surface area contributed by atoms with Crippen LogP contribution in [-0.4, -0.2) is 36.6 Å². The molecule has 1 saturated heterocycles. The summed E-state index contributed by atoms with van der Waals surface area (Å²) in [6, 6.07) is 6.13. The molecule has 1 atom stereocenters. The van der Waals surface area contributed by atoms with Crippen molar-refractivity contribution in [1.82, 2.24) is 4.90 Å². The molecule has 0 aromatic carbocycles. The van der Waals surface area contributed by atoms with Crippen molar-refractivity contribution in [1.29, 1.82) is 5.26 Å². The molecule has 2 aromatic rings. The maximum absolute atomic E-state index is 12.3. The molecular weight excluding hydrogens is 406 g/mol. The summed E-state index contributed by atoms with van der Waals surface area (Å²) in [5.74, 6) is 0.00807. The van der Waals surface area contributed by atoms with Crippen molar-refractivity contribution in [3.8, 4) is 6.07 Å². The Bertz CT molecular complexity index is 968. The van der Waals surface area contributed by atoms with Gasteiger partial charge in [-0.2, -0.15) is 5.26 Å². The van der Waals surface area contributed by atoms with Crippen molar-refractivity contribution < 1.29 is 14.3 Å². The Morgan fingerprint density at radius 3 is 2.97 bits per heavy atom. The SMILES string of the molecule is N#Cc1c(NC(=O)C=Cc2cccs2)sc2c1CCC(COC(=O)N1CCC1)C2. The minimum Gasteiger partial charge on any atom is -0.449 e. The summed E-state index contributed by atoms with van der Waals surface area (Å²) >= 11 is 3.02. The molecule has 0 radical (unpaired) electrons. The second-order valence-electron chi connectivity index (χ2n) is 7.18. The van der Waals surface area contributed by atoms with Crippen LogP contribution in [0.2, 0.25) is 0 Å². The van der Waals surface area contributed by atoms with Gasteiger partial charge in [0.05, 0.1) is 12.2 Å². The van der Waals surface area contributed by atoms with E-state index in [1.807, 2.05) is 17.5 Å². The lowest BCUT2D eigenvalue weighted by Gasteiger charge is -2.31. The Morgan fingerprint density at radius 1 is 1.41 bits per heavy atom. The molecule has 3 heterocycles. The number of nitrogens with zero attached hydrogens (tertiary/aromatic N) is 2. The van der Waals surface area contributed by atoms with Crippen molar-refractivity contribution in [3.63, 3.8) is 0 Å². The third kappa shape index (κ3) is 4.52. The van der Waals surface area contributed by atoms with Gasteiger partial charge in [0, 0.05) is 28.9 Å². The van der Waals surface area contributed by atoms with Gasteiger partial charge in [0.25, 0.3) is 0 Å². The first-order valence-corrected chi connectivity index (χ1v) is 11.3. The van der Waals surface area contributed by atoms with Crippen LogP contribution in [0.15, 0.2) is 23.6 Å². The number of fused-ring (bicyclic) bond motifs is 1. The Labute approximate surface area is 177 Å². The van der Waals surface area contributed by atoms with Crippen LogP contribution in [0.1, 0.15) is 33.7 Å². The van der Waals surface area contributed by atoms with Gasteiger partial charge >= 0.3 is 6.09 Å². The number of nitriles is 1. The molecule has 6 nitrogen and oxygen atoms in total. The molecule has 2 aromatic heterocycles. The van der Waals surface area contributed by atoms with Crippen molar-refractivity contribution in [2.45, 2.75) is 25.7 Å². The number of carbonyl (C=O) groups is 2. The number of carbonyl (C=O) groups excluding carboxylic acids is 2. The third-order valence-corrected chi connectivity index (χ3v) is 7.22. The zero-order chi connectivity index (χ0) is 20.2. The van der Waals surface area contributed by atoms with Crippen molar-refractivity contribution in [3.05, 3.63) is 44.5 Å². The number of nitrogens with one attached hydrogen (secondary N) is 1. The van der Waals surface area contributed by atoms with Crippen LogP contribution in [0.5, 0.6) is 0 Å². The summed E-state index contributed by atoms with van der Waals surface area (Å²) in [6.07, 6.45) is 6.48. The predicted octanol–water partition coefficient (Wildman–Crippen LogP) is 4.28. The lowest BCUT2D eigenvalue weighted by atomic mass is 9.88. The zero-order valence-corrected chi connectivity index (χ0v) is 17.5. The highest BCUT2D eigenvalue weighted by atomic mass is 32.1. The Balaban J connectivity index is 1.38. The van der Waals surface area contributed by atoms with Gasteiger partial charge < -0.3 is 15.0 Å². The minimum atomic E-state index is -0.242. The van der Waals surface area contributed by atoms with Gasteiger partial charge in [-0.25, -0.2) is 4.79 Å². The number of ether oxygens (including phenoxy) is 1. The van der Waals surface area contributed by atoms with E-state index in [2.05, 4.69) is 11.4 Å². The fourth-order valence-electron chi connectivity index (χ4n) is 3.48. The van der Waals surface area contributed by atoms with Crippen LogP contribution < -0.4 is 5.32 Å². The largest absolute Gasteiger partial charge is 0.449 e. The van der Waals surface area contributed by atoms with Crippen LogP contribution in [-0.2, 0) is 22.4 Å². The Morgan fingerprint density at radius 2 is 2.28 bits per heavy atom. The molecule has 0 spiro atoms. The van der Waals surface area contributed by atoms with Gasteiger partial charge in [0.15, 0.2) is 0 Å². The smallest absolute Gasteiger partial charge is 0.409 e. The van der Waals surface area contributed by atoms with Crippen LogP contribution >= 0.6 is 22.7 Å². The van der Waals surface area contributed by atoms with E-state index in [4.69, 9.17) is 4.74 Å². The molecule has 2 aliphatic rings. The Kier molecular flexibility index (Phi) is 5.97. The topological polar surface area (TPSA) is 82.4 Å². The first-order chi connectivity index (χ1) is 14.1. The normalized spacial score (nSPS) is 18.0. The fourth-order valence-corrected chi connectivity index (χ4v) is 5.41. The van der Waals surface area contributed by atoms with Gasteiger partial charge in [-0.15, -0.1) is 22.7 Å². The van der Waals surface area contributed by atoms with E-state index >= 15 is 0 Å². The predicted molar refractivity (Wildman–Crippen MR) is 114 cm³/mol. The lowest BCUT2D eigenvalue weighted by molar-refractivity contribution is -0.111. The van der Waals surface area contributed by atoms with Crippen LogP contribution in [0.25, 0.3) is 6.08 Å². The van der Waals surface area contributed by atoms with Gasteiger partial charge in [-0.1, -0.05) is 6.07 Å². The molecule has 150 valence electrons. The molecule has 1 N–H and O–H groups in total. The molecule has 29 heavy (non-hydrogen) atoms. The lowest BCUT2D eigenvalue weighted by Crippen LogP contribution is -2.43. The van der Waals surface area contributed by atoms with Crippen LogP contribution in [0.4, 0.5) is 9.80 Å². The average Bonchev–Trinajstić information content (AvgIpc) is 3.30. The minimum absolute atomic E-state index is 0.226. The molecule has 1 aliphatic carbocycles. The highest BCUT2D eigenvalue weighted by molar-refractivity contribution is 7.16. The van der Waals surface area contributed by atoms with E-state index < -0.39 is 0 Å². The third-order valence-electron chi connectivity index (χ3n) is 5.21. The molecule has 1 unspecified atom stereocenters. The van der Waals surface area contributed by atoms with E-state index in [-0.39, 0.29) is 17.9 Å². The number of hydrogen-bond acceptors (Lipinski definition) is 6. The maximum Gasteiger partial charge on any atom is 0.409 e. The molecule has 2 amide bonds. The summed E-state index contributed by atoms with van der Waals surface area (Å²) in [6.45, 7) is 1.97. The highest BCUT2D eigenvalue weighted by Gasteiger charge is 2.28. The van der Waals surface area contributed by atoms with Gasteiger partial charge in [-0.05, 0) is 54.7 Å². The number of hydrogen-bond donors (Lipinski definition) is 1. The van der Waals surface area contributed by atoms with Gasteiger partial charge in [0.2, 0.25) is 5.91 Å². The van der Waals surface area contributed by atoms with Gasteiger partial charge in [-0.3, -0.25) is 4.79 Å². The first kappa shape index (κ1) is 19.7. The standard InChI is InChI=1S/C21H21N3O3S2/c22-12-17-16-6-4-14(13-27-21(26)24-8-2-9-24)11-18(16)29-20(17)23-19(25)7-5-15-3-1-10-28-15/h1,3,5,7,10,14H,2,4,6,8-9,11,13H2,(H,23,25). The number of anilines is 1. The zero-order valence-electron chi connectivity index (χ0n) is 15.8. The quantitative estimate of drug-likeness (QED) is 0.722. The number of amides is 2. The monoisotopic (exact) mass is 427 g/mol. The number of likely N-dealkylation sites (tertiary alicyclic amines) is 1. The first-order valence-electron chi connectivity index (χ1n) is 9.63. The summed E-state index contributed by atoms with van der Waals surface area (Å²) in [4.78, 5) is 28.0. The second kappa shape index (κ2) is 8.80. The fraction of sp³-hybridized carbons (Fsp3) is 0.381. The number of rotatable bonds is 5. The van der Waals surface area contributed by atoms with Gasteiger partial charge in [0.1, 0.15) is 11.1 Å². The van der Waals surface area contributed by atoms with E-state index in [0.29, 0.717) is 17.2 Å². The molecule has 4 rings (SSSR count). The highest BCUT2D eigenvalue weighted by Crippen LogP contribution is 2.39. The molecule has 0 bridgehead atoms. The molecular formula is C21H21N3O3S2. The molecule has 0 saturated carbocycles. The Hall–Kier alpha value is -2.63. The van der Waals surface area contributed by atoms with Crippen molar-refractivity contribution >= 4 is 45.8 Å². The van der Waals surface area contributed by atoms with Crippen molar-refractivity contribution in [2.24, 2.45) is 5.92 Å². The van der Waals surface area contributed by atoms with E-state index in [1.165, 1.54) is 17.4 Å². The van der Waals surface area contributed by atoms with Crippen molar-refractivity contribution in [2.75, 3.05) is 25.0 Å². The molecule has 1 fully saturated rings. The maximum atomic E-state index is 12.3.